The molecule has 0 atom stereocenters. The van der Waals surface area contributed by atoms with Gasteiger partial charge in [-0.3, -0.25) is 0 Å². The van der Waals surface area contributed by atoms with Gasteiger partial charge in [0.05, 0.1) is 25.5 Å². The van der Waals surface area contributed by atoms with Gasteiger partial charge in [-0.05, 0) is 18.2 Å². The van der Waals surface area contributed by atoms with Gasteiger partial charge in [-0.15, -0.1) is 0 Å². The van der Waals surface area contributed by atoms with Crippen molar-refractivity contribution < 1.29 is 24.2 Å². The highest BCUT2D eigenvalue weighted by molar-refractivity contribution is 6.31. The number of hydrogen-bond donors (Lipinski definition) is 3. The number of methoxy groups -OCH3 is 2. The maximum atomic E-state index is 12.1. The average Bonchev–Trinajstić information content (AvgIpc) is 2.55. The lowest BCUT2D eigenvalue weighted by Crippen LogP contribution is -2.21. The number of ether oxygens (including phenoxy) is 2. The van der Waals surface area contributed by atoms with E-state index in [1.807, 2.05) is 0 Å². The highest BCUT2D eigenvalue weighted by atomic mass is 35.5. The van der Waals surface area contributed by atoms with Crippen LogP contribution < -0.4 is 20.1 Å². The van der Waals surface area contributed by atoms with E-state index in [1.54, 1.807) is 18.2 Å². The number of halogens is 1. The second kappa shape index (κ2) is 7.56. The second-order valence-corrected chi connectivity index (χ2v) is 5.11. The van der Waals surface area contributed by atoms with Crippen molar-refractivity contribution in [3.8, 4) is 11.5 Å². The standard InChI is InChI=1S/C16H15ClN2O5/c1-23-11-6-10(7-12(8-11)24-2)18-16(22)19-14-4-3-9(17)5-13(14)15(20)21/h3-8H,1-2H3,(H,20,21)(H2,18,19,22). The summed E-state index contributed by atoms with van der Waals surface area (Å²) in [5.41, 5.74) is 0.440. The summed E-state index contributed by atoms with van der Waals surface area (Å²) in [7, 11) is 2.98. The molecule has 0 bridgehead atoms. The quantitative estimate of drug-likeness (QED) is 0.764. The van der Waals surface area contributed by atoms with Crippen LogP contribution in [0, 0.1) is 0 Å². The lowest BCUT2D eigenvalue weighted by atomic mass is 10.2. The van der Waals surface area contributed by atoms with Crippen LogP contribution in [0.25, 0.3) is 0 Å². The number of carboxylic acids is 1. The van der Waals surface area contributed by atoms with Crippen LogP contribution in [-0.2, 0) is 0 Å². The fourth-order valence-corrected chi connectivity index (χ4v) is 2.14. The first-order valence-corrected chi connectivity index (χ1v) is 7.14. The van der Waals surface area contributed by atoms with Crippen molar-refractivity contribution in [2.75, 3.05) is 24.9 Å². The van der Waals surface area contributed by atoms with E-state index >= 15 is 0 Å². The van der Waals surface area contributed by atoms with E-state index in [4.69, 9.17) is 26.2 Å². The van der Waals surface area contributed by atoms with Crippen LogP contribution in [0.4, 0.5) is 16.2 Å². The molecule has 2 rings (SSSR count). The minimum Gasteiger partial charge on any atom is -0.497 e. The van der Waals surface area contributed by atoms with E-state index in [-0.39, 0.29) is 16.3 Å². The van der Waals surface area contributed by atoms with Gasteiger partial charge in [0.15, 0.2) is 0 Å². The molecule has 0 aliphatic carbocycles. The summed E-state index contributed by atoms with van der Waals surface area (Å²) in [6, 6.07) is 8.40. The first-order valence-electron chi connectivity index (χ1n) is 6.77. The summed E-state index contributed by atoms with van der Waals surface area (Å²) in [5.74, 6) is -0.194. The van der Waals surface area contributed by atoms with E-state index < -0.39 is 12.0 Å². The molecule has 0 unspecified atom stereocenters. The number of rotatable bonds is 5. The van der Waals surface area contributed by atoms with E-state index in [2.05, 4.69) is 10.6 Å². The molecular weight excluding hydrogens is 336 g/mol. The Morgan fingerprint density at radius 2 is 1.62 bits per heavy atom. The SMILES string of the molecule is COc1cc(NC(=O)Nc2ccc(Cl)cc2C(=O)O)cc(OC)c1. The maximum absolute atomic E-state index is 12.1. The first-order chi connectivity index (χ1) is 11.4. The largest absolute Gasteiger partial charge is 0.497 e. The highest BCUT2D eigenvalue weighted by Crippen LogP contribution is 2.26. The number of amides is 2. The third-order valence-corrected chi connectivity index (χ3v) is 3.30. The van der Waals surface area contributed by atoms with E-state index in [1.165, 1.54) is 32.4 Å². The monoisotopic (exact) mass is 350 g/mol. The van der Waals surface area contributed by atoms with Crippen LogP contribution in [0.2, 0.25) is 5.02 Å². The van der Waals surface area contributed by atoms with Crippen molar-refractivity contribution in [2.45, 2.75) is 0 Å². The van der Waals surface area contributed by atoms with Crippen LogP contribution >= 0.6 is 11.6 Å². The van der Waals surface area contributed by atoms with Gasteiger partial charge in [0.2, 0.25) is 0 Å². The summed E-state index contributed by atoms with van der Waals surface area (Å²) in [6.07, 6.45) is 0. The number of carbonyl (C=O) groups excluding carboxylic acids is 1. The zero-order valence-electron chi connectivity index (χ0n) is 12.9. The molecule has 0 aliphatic rings. The van der Waals surface area contributed by atoms with Crippen LogP contribution in [0.3, 0.4) is 0 Å². The van der Waals surface area contributed by atoms with Gasteiger partial charge in [-0.25, -0.2) is 9.59 Å². The predicted octanol–water partition coefficient (Wildman–Crippen LogP) is 3.70. The number of carbonyl (C=O) groups is 2. The molecule has 0 saturated heterocycles. The van der Waals surface area contributed by atoms with Gasteiger partial charge in [-0.1, -0.05) is 11.6 Å². The molecule has 24 heavy (non-hydrogen) atoms. The molecular formula is C16H15ClN2O5. The molecule has 0 fully saturated rings. The molecule has 2 aromatic rings. The van der Waals surface area contributed by atoms with Gasteiger partial charge in [-0.2, -0.15) is 0 Å². The van der Waals surface area contributed by atoms with Crippen LogP contribution in [0.15, 0.2) is 36.4 Å². The molecule has 0 spiro atoms. The Balaban J connectivity index is 2.18. The highest BCUT2D eigenvalue weighted by Gasteiger charge is 2.13. The number of anilines is 2. The first kappa shape index (κ1) is 17.4. The molecule has 8 heteroatoms. The predicted molar refractivity (Wildman–Crippen MR) is 90.6 cm³/mol. The Labute approximate surface area is 143 Å². The Morgan fingerprint density at radius 1 is 1.00 bits per heavy atom. The zero-order chi connectivity index (χ0) is 17.7. The van der Waals surface area contributed by atoms with Crippen LogP contribution in [-0.4, -0.2) is 31.3 Å². The van der Waals surface area contributed by atoms with Crippen molar-refractivity contribution in [3.63, 3.8) is 0 Å². The van der Waals surface area contributed by atoms with Crippen molar-refractivity contribution in [2.24, 2.45) is 0 Å². The van der Waals surface area contributed by atoms with Crippen molar-refractivity contribution >= 4 is 35.0 Å². The summed E-state index contributed by atoms with van der Waals surface area (Å²) < 4.78 is 10.2. The Kier molecular flexibility index (Phi) is 5.49. The molecule has 126 valence electrons. The van der Waals surface area contributed by atoms with E-state index in [9.17, 15) is 9.59 Å². The molecule has 3 N–H and O–H groups in total. The number of hydrogen-bond acceptors (Lipinski definition) is 4. The Hall–Kier alpha value is -2.93. The molecule has 0 heterocycles. The number of urea groups is 1. The molecule has 0 saturated carbocycles. The summed E-state index contributed by atoms with van der Waals surface area (Å²) in [4.78, 5) is 23.3. The second-order valence-electron chi connectivity index (χ2n) is 4.68. The molecule has 0 aliphatic heterocycles. The fourth-order valence-electron chi connectivity index (χ4n) is 1.97. The lowest BCUT2D eigenvalue weighted by Gasteiger charge is -2.12. The van der Waals surface area contributed by atoms with Gasteiger partial charge < -0.3 is 25.2 Å². The molecule has 0 aromatic heterocycles. The Bertz CT molecular complexity index is 757. The van der Waals surface area contributed by atoms with Crippen molar-refractivity contribution in [1.82, 2.24) is 0 Å². The van der Waals surface area contributed by atoms with Gasteiger partial charge in [0.1, 0.15) is 11.5 Å². The number of aromatic carboxylic acids is 1. The summed E-state index contributed by atoms with van der Waals surface area (Å²) >= 11 is 5.77. The third kappa shape index (κ3) is 4.30. The minimum atomic E-state index is -1.20. The number of benzene rings is 2. The molecule has 2 amide bonds. The van der Waals surface area contributed by atoms with Crippen LogP contribution in [0.1, 0.15) is 10.4 Å². The lowest BCUT2D eigenvalue weighted by molar-refractivity contribution is 0.0698. The molecule has 0 radical (unpaired) electrons. The van der Waals surface area contributed by atoms with E-state index in [0.29, 0.717) is 17.2 Å². The normalized spacial score (nSPS) is 9.96. The zero-order valence-corrected chi connectivity index (χ0v) is 13.7. The third-order valence-electron chi connectivity index (χ3n) is 3.07. The average molecular weight is 351 g/mol. The van der Waals surface area contributed by atoms with Gasteiger partial charge >= 0.3 is 12.0 Å². The Morgan fingerprint density at radius 3 is 2.17 bits per heavy atom. The molecule has 2 aromatic carbocycles. The smallest absolute Gasteiger partial charge is 0.337 e. The topological polar surface area (TPSA) is 96.9 Å². The number of nitrogens with one attached hydrogen (secondary N) is 2. The van der Waals surface area contributed by atoms with Gasteiger partial charge in [0.25, 0.3) is 0 Å². The maximum Gasteiger partial charge on any atom is 0.337 e. The van der Waals surface area contributed by atoms with Crippen molar-refractivity contribution in [1.29, 1.82) is 0 Å². The van der Waals surface area contributed by atoms with Gasteiger partial charge in [0, 0.05) is 28.9 Å². The molecule has 7 nitrogen and oxygen atoms in total. The van der Waals surface area contributed by atoms with Crippen molar-refractivity contribution in [3.05, 3.63) is 47.0 Å². The number of carboxylic acid groups (broad SMARTS) is 1. The van der Waals surface area contributed by atoms with Crippen LogP contribution in [0.5, 0.6) is 11.5 Å². The fraction of sp³-hybridized carbons (Fsp3) is 0.125. The summed E-state index contributed by atoms with van der Waals surface area (Å²) in [6.45, 7) is 0. The summed E-state index contributed by atoms with van der Waals surface area (Å²) in [5, 5.41) is 14.5. The van der Waals surface area contributed by atoms with E-state index in [0.717, 1.165) is 0 Å². The minimum absolute atomic E-state index is 0.110.